The molecule has 34 heavy (non-hydrogen) atoms. The van der Waals surface area contributed by atoms with Crippen molar-refractivity contribution < 1.29 is 14.4 Å². The van der Waals surface area contributed by atoms with Crippen LogP contribution in [0.5, 0.6) is 5.75 Å². The molecule has 1 amide bonds. The third-order valence-electron chi connectivity index (χ3n) is 6.00. The molecule has 1 radical (unpaired) electrons. The maximum absolute atomic E-state index is 11.6. The monoisotopic (exact) mass is 505 g/mol. The van der Waals surface area contributed by atoms with Gasteiger partial charge in [-0.1, -0.05) is 31.5 Å². The highest BCUT2D eigenvalue weighted by Crippen LogP contribution is 2.55. The Hall–Kier alpha value is -2.61. The van der Waals surface area contributed by atoms with Gasteiger partial charge in [-0.2, -0.15) is 9.97 Å². The Kier molecular flexibility index (Phi) is 7.17. The number of fused-ring (bicyclic) bond motifs is 1. The highest BCUT2D eigenvalue weighted by Gasteiger charge is 2.33. The van der Waals surface area contributed by atoms with Gasteiger partial charge in [0.15, 0.2) is 0 Å². The number of halogens is 1. The van der Waals surface area contributed by atoms with Gasteiger partial charge in [0.05, 0.1) is 23.2 Å². The molecule has 3 aromatic rings. The Morgan fingerprint density at radius 2 is 2.06 bits per heavy atom. The molecule has 0 unspecified atom stereocenters. The van der Waals surface area contributed by atoms with Crippen LogP contribution in [0.4, 0.5) is 17.5 Å². The molecule has 1 aliphatic rings. The van der Waals surface area contributed by atoms with Crippen LogP contribution in [-0.4, -0.2) is 69.7 Å². The number of hydrogen-bond acceptors (Lipinski definition) is 7. The van der Waals surface area contributed by atoms with E-state index >= 15 is 0 Å². The summed E-state index contributed by atoms with van der Waals surface area (Å²) in [5.41, 5.74) is 1.31. The average molecular weight is 506 g/mol. The maximum Gasteiger partial charge on any atom is 0.231 e. The fourth-order valence-electron chi connectivity index (χ4n) is 4.01. The molecular formula is C23H31ClN6O3P. The zero-order valence-electron chi connectivity index (χ0n) is 19.9. The van der Waals surface area contributed by atoms with Crippen LogP contribution in [0.2, 0.25) is 5.02 Å². The summed E-state index contributed by atoms with van der Waals surface area (Å²) >= 11 is 6.35. The van der Waals surface area contributed by atoms with Gasteiger partial charge in [0.1, 0.15) is 17.2 Å². The van der Waals surface area contributed by atoms with Crippen molar-refractivity contribution in [2.45, 2.75) is 20.8 Å². The maximum atomic E-state index is 11.6. The number of nitrogens with one attached hydrogen (secondary N) is 3. The summed E-state index contributed by atoms with van der Waals surface area (Å²) < 4.78 is 5.63. The minimum Gasteiger partial charge on any atom is -0.495 e. The third kappa shape index (κ3) is 5.06. The van der Waals surface area contributed by atoms with Crippen molar-refractivity contribution in [2.75, 3.05) is 49.7 Å². The fourth-order valence-corrected chi connectivity index (χ4v) is 6.84. The number of methoxy groups -OCH3 is 1. The van der Waals surface area contributed by atoms with Crippen molar-refractivity contribution in [1.29, 1.82) is 0 Å². The van der Waals surface area contributed by atoms with Crippen molar-refractivity contribution >= 4 is 58.8 Å². The lowest BCUT2D eigenvalue weighted by molar-refractivity contribution is -0.128. The van der Waals surface area contributed by atoms with Gasteiger partial charge in [-0.05, 0) is 18.1 Å². The third-order valence-corrected chi connectivity index (χ3v) is 9.42. The van der Waals surface area contributed by atoms with Gasteiger partial charge < -0.3 is 30.1 Å². The number of nitrogens with zero attached hydrogens (tertiary/aromatic N) is 3. The molecule has 0 saturated carbocycles. The Morgan fingerprint density at radius 1 is 1.32 bits per heavy atom. The number of H-pyrrole nitrogens is 1. The minimum absolute atomic E-state index is 0.0472. The molecule has 0 spiro atoms. The molecule has 1 saturated heterocycles. The molecule has 4 rings (SSSR count). The van der Waals surface area contributed by atoms with Crippen molar-refractivity contribution in [3.05, 3.63) is 29.4 Å². The van der Waals surface area contributed by atoms with Crippen LogP contribution in [-0.2, 0) is 4.79 Å². The standard InChI is InChI=1S/C23H31ClN6O3P/c1-14(2)12-25-21-20-17(24)13-26-22(20)29-23(28-21)27-18-6-5-16(11-19(18)33-4)34(32)9-7-30(8-10-34)15(3)31/h5-6,11,13-14,32H,7-10,12H2,1-4H3,(H3,25,26,27,28,29). The molecule has 1 aromatic carbocycles. The van der Waals surface area contributed by atoms with E-state index < -0.39 is 7.49 Å². The van der Waals surface area contributed by atoms with E-state index in [1.54, 1.807) is 25.1 Å². The number of ether oxygens (including phenoxy) is 1. The predicted octanol–water partition coefficient (Wildman–Crippen LogP) is 3.84. The normalized spacial score (nSPS) is 15.6. The molecule has 0 atom stereocenters. The quantitative estimate of drug-likeness (QED) is 0.360. The highest BCUT2D eigenvalue weighted by atomic mass is 35.5. The molecule has 1 fully saturated rings. The first-order chi connectivity index (χ1) is 16.2. The van der Waals surface area contributed by atoms with Crippen molar-refractivity contribution in [2.24, 2.45) is 5.92 Å². The van der Waals surface area contributed by atoms with E-state index in [0.717, 1.165) is 17.2 Å². The second-order valence-electron chi connectivity index (χ2n) is 8.92. The number of amides is 1. The van der Waals surface area contributed by atoms with Crippen LogP contribution in [0.25, 0.3) is 11.0 Å². The summed E-state index contributed by atoms with van der Waals surface area (Å²) in [5.74, 6) is 2.12. The van der Waals surface area contributed by atoms with Crippen LogP contribution in [0.15, 0.2) is 24.4 Å². The van der Waals surface area contributed by atoms with E-state index in [-0.39, 0.29) is 5.91 Å². The summed E-state index contributed by atoms with van der Waals surface area (Å²) in [7, 11) is -0.761. The number of hydrogen-bond donors (Lipinski definition) is 4. The van der Waals surface area contributed by atoms with E-state index in [1.165, 1.54) is 0 Å². The highest BCUT2D eigenvalue weighted by molar-refractivity contribution is 7.77. The lowest BCUT2D eigenvalue weighted by Gasteiger charge is -2.39. The van der Waals surface area contributed by atoms with Gasteiger partial charge in [-0.3, -0.25) is 4.79 Å². The Labute approximate surface area is 204 Å². The molecule has 0 bridgehead atoms. The van der Waals surface area contributed by atoms with Gasteiger partial charge in [-0.25, -0.2) is 0 Å². The van der Waals surface area contributed by atoms with Gasteiger partial charge in [0.2, 0.25) is 11.9 Å². The first-order valence-corrected chi connectivity index (χ1v) is 13.8. The first-order valence-electron chi connectivity index (χ1n) is 11.3. The van der Waals surface area contributed by atoms with Crippen molar-refractivity contribution in [3.63, 3.8) is 0 Å². The van der Waals surface area contributed by atoms with Crippen LogP contribution in [0.3, 0.4) is 0 Å². The minimum atomic E-state index is -2.35. The number of carbonyl (C=O) groups excluding carboxylic acids is 1. The van der Waals surface area contributed by atoms with E-state index in [4.69, 9.17) is 16.3 Å². The summed E-state index contributed by atoms with van der Waals surface area (Å²) in [5, 5.41) is 8.77. The summed E-state index contributed by atoms with van der Waals surface area (Å²) in [6.07, 6.45) is 2.87. The van der Waals surface area contributed by atoms with Gasteiger partial charge >= 0.3 is 0 Å². The van der Waals surface area contributed by atoms with Gasteiger partial charge in [-0.15, -0.1) is 0 Å². The first kappa shape index (κ1) is 24.5. The van der Waals surface area contributed by atoms with Crippen LogP contribution in [0.1, 0.15) is 20.8 Å². The Bertz CT molecular complexity index is 1190. The summed E-state index contributed by atoms with van der Waals surface area (Å²) in [6.45, 7) is 7.69. The second kappa shape index (κ2) is 9.94. The number of carbonyl (C=O) groups is 1. The lowest BCUT2D eigenvalue weighted by Crippen LogP contribution is -2.41. The van der Waals surface area contributed by atoms with Crippen LogP contribution in [0, 0.1) is 5.92 Å². The molecule has 3 heterocycles. The Balaban J connectivity index is 1.60. The molecule has 11 heteroatoms. The largest absolute Gasteiger partial charge is 0.495 e. The van der Waals surface area contributed by atoms with E-state index in [1.807, 2.05) is 18.2 Å². The molecule has 2 aromatic heterocycles. The van der Waals surface area contributed by atoms with E-state index in [0.29, 0.717) is 65.2 Å². The van der Waals surface area contributed by atoms with Crippen LogP contribution < -0.4 is 20.7 Å². The number of rotatable bonds is 7. The molecular weight excluding hydrogens is 475 g/mol. The number of benzene rings is 1. The fraction of sp³-hybridized carbons (Fsp3) is 0.435. The number of anilines is 3. The predicted molar refractivity (Wildman–Crippen MR) is 139 cm³/mol. The zero-order valence-corrected chi connectivity index (χ0v) is 21.5. The summed E-state index contributed by atoms with van der Waals surface area (Å²) in [4.78, 5) is 37.1. The van der Waals surface area contributed by atoms with E-state index in [2.05, 4.69) is 39.4 Å². The average Bonchev–Trinajstić information content (AvgIpc) is 3.18. The van der Waals surface area contributed by atoms with Gasteiger partial charge in [0.25, 0.3) is 0 Å². The number of aromatic amines is 1. The smallest absolute Gasteiger partial charge is 0.231 e. The summed E-state index contributed by atoms with van der Waals surface area (Å²) in [6, 6.07) is 5.67. The molecule has 183 valence electrons. The van der Waals surface area contributed by atoms with Crippen LogP contribution >= 0.6 is 19.1 Å². The molecule has 4 N–H and O–H groups in total. The van der Waals surface area contributed by atoms with Crippen molar-refractivity contribution in [1.82, 2.24) is 19.9 Å². The lowest BCUT2D eigenvalue weighted by atomic mass is 10.2. The topological polar surface area (TPSA) is 115 Å². The molecule has 0 aliphatic carbocycles. The second-order valence-corrected chi connectivity index (χ2v) is 12.6. The van der Waals surface area contributed by atoms with E-state index in [9.17, 15) is 9.69 Å². The molecule has 9 nitrogen and oxygen atoms in total. The zero-order chi connectivity index (χ0) is 24.5. The number of aromatic nitrogens is 3. The molecule has 1 aliphatic heterocycles. The Morgan fingerprint density at radius 3 is 2.71 bits per heavy atom. The SMILES string of the molecule is COc1cc([P]2(O)CCN(C(C)=O)CC2)ccc1Nc1nc(NCC(C)C)c2c(Cl)c[nH]c2n1. The van der Waals surface area contributed by atoms with Gasteiger partial charge in [0, 0.05) is 57.9 Å². The van der Waals surface area contributed by atoms with Crippen molar-refractivity contribution in [3.8, 4) is 5.75 Å².